The van der Waals surface area contributed by atoms with Gasteiger partial charge >= 0.3 is 0 Å². The number of aliphatic hydroxyl groups excluding tert-OH is 1. The predicted octanol–water partition coefficient (Wildman–Crippen LogP) is -1.10. The number of rotatable bonds is 1. The number of hydrogen-bond donors (Lipinski definition) is 2. The first-order chi connectivity index (χ1) is 5.27. The summed E-state index contributed by atoms with van der Waals surface area (Å²) in [5.41, 5.74) is 0. The van der Waals surface area contributed by atoms with Crippen molar-refractivity contribution in [1.82, 2.24) is 10.2 Å². The van der Waals surface area contributed by atoms with Gasteiger partial charge < -0.3 is 10.0 Å². The fraction of sp³-hybridized carbons (Fsp3) is 0.857. The van der Waals surface area contributed by atoms with Crippen molar-refractivity contribution in [3.8, 4) is 0 Å². The first-order valence-corrected chi connectivity index (χ1v) is 4.00. The van der Waals surface area contributed by atoms with Crippen molar-refractivity contribution >= 4 is 5.91 Å². The van der Waals surface area contributed by atoms with Gasteiger partial charge in [-0.15, -0.1) is 0 Å². The third-order valence-corrected chi connectivity index (χ3v) is 2.18. The molecule has 2 rings (SSSR count). The van der Waals surface area contributed by atoms with Crippen LogP contribution < -0.4 is 5.32 Å². The van der Waals surface area contributed by atoms with Crippen LogP contribution >= 0.6 is 0 Å². The number of carbonyl (C=O) groups excluding carboxylic acids is 1. The second kappa shape index (κ2) is 2.46. The minimum absolute atomic E-state index is 0.118. The lowest BCUT2D eigenvalue weighted by atomic mass is 10.2. The van der Waals surface area contributed by atoms with E-state index in [1.807, 2.05) is 0 Å². The number of carbonyl (C=O) groups is 1. The van der Waals surface area contributed by atoms with Crippen LogP contribution in [0.4, 0.5) is 0 Å². The number of amides is 1. The van der Waals surface area contributed by atoms with Crippen LogP contribution in [0.2, 0.25) is 0 Å². The zero-order valence-electron chi connectivity index (χ0n) is 6.29. The quantitative estimate of drug-likeness (QED) is 0.474. The van der Waals surface area contributed by atoms with E-state index < -0.39 is 6.23 Å². The van der Waals surface area contributed by atoms with E-state index in [0.717, 1.165) is 19.5 Å². The molecule has 2 atom stereocenters. The lowest BCUT2D eigenvalue weighted by Crippen LogP contribution is -2.38. The van der Waals surface area contributed by atoms with E-state index in [4.69, 9.17) is 5.11 Å². The van der Waals surface area contributed by atoms with Crippen molar-refractivity contribution in [2.24, 2.45) is 0 Å². The van der Waals surface area contributed by atoms with Crippen LogP contribution in [-0.2, 0) is 4.79 Å². The molecule has 0 aliphatic carbocycles. The van der Waals surface area contributed by atoms with E-state index in [1.54, 1.807) is 4.90 Å². The Kier molecular flexibility index (Phi) is 1.58. The summed E-state index contributed by atoms with van der Waals surface area (Å²) >= 11 is 0. The van der Waals surface area contributed by atoms with Crippen LogP contribution in [0.15, 0.2) is 0 Å². The highest BCUT2D eigenvalue weighted by molar-refractivity contribution is 5.83. The van der Waals surface area contributed by atoms with E-state index in [9.17, 15) is 4.79 Å². The Balaban J connectivity index is 1.89. The smallest absolute Gasteiger partial charge is 0.239 e. The van der Waals surface area contributed by atoms with Crippen molar-refractivity contribution in [3.05, 3.63) is 0 Å². The maximum atomic E-state index is 11.3. The number of nitrogens with zero attached hydrogens (tertiary/aromatic N) is 1. The molecule has 0 aromatic heterocycles. The minimum atomic E-state index is -0.469. The first-order valence-electron chi connectivity index (χ1n) is 4.00. The maximum Gasteiger partial charge on any atom is 0.239 e. The van der Waals surface area contributed by atoms with E-state index >= 15 is 0 Å². The lowest BCUT2D eigenvalue weighted by Gasteiger charge is -2.09. The molecule has 2 saturated heterocycles. The summed E-state index contributed by atoms with van der Waals surface area (Å²) < 4.78 is 0. The highest BCUT2D eigenvalue weighted by Gasteiger charge is 2.34. The third-order valence-electron chi connectivity index (χ3n) is 2.18. The molecular weight excluding hydrogens is 144 g/mol. The highest BCUT2D eigenvalue weighted by atomic mass is 16.3. The van der Waals surface area contributed by atoms with Crippen molar-refractivity contribution < 1.29 is 9.90 Å². The Morgan fingerprint density at radius 2 is 2.18 bits per heavy atom. The number of aliphatic hydroxyl groups is 1. The molecule has 2 N–H and O–H groups in total. The van der Waals surface area contributed by atoms with Gasteiger partial charge in [-0.05, 0) is 12.8 Å². The molecule has 1 unspecified atom stereocenters. The van der Waals surface area contributed by atoms with Gasteiger partial charge in [0.1, 0.15) is 6.23 Å². The summed E-state index contributed by atoms with van der Waals surface area (Å²) in [7, 11) is 0. The van der Waals surface area contributed by atoms with Crippen LogP contribution in [0, 0.1) is 0 Å². The van der Waals surface area contributed by atoms with Crippen LogP contribution in [0.1, 0.15) is 12.8 Å². The third kappa shape index (κ3) is 1.36. The molecule has 0 radical (unpaired) electrons. The SMILES string of the molecule is O=C([C@@H]1CCC(O)N1)N1CC1. The van der Waals surface area contributed by atoms with Gasteiger partial charge in [0.25, 0.3) is 0 Å². The zero-order valence-corrected chi connectivity index (χ0v) is 6.29. The lowest BCUT2D eigenvalue weighted by molar-refractivity contribution is -0.127. The Labute approximate surface area is 65.2 Å². The molecule has 0 aromatic rings. The maximum absolute atomic E-state index is 11.3. The molecule has 0 aromatic carbocycles. The Bertz CT molecular complexity index is 179. The molecule has 0 saturated carbocycles. The molecular formula is C7H12N2O2. The summed E-state index contributed by atoms with van der Waals surface area (Å²) in [6.45, 7) is 1.79. The molecule has 11 heavy (non-hydrogen) atoms. The van der Waals surface area contributed by atoms with Crippen molar-refractivity contribution in [2.75, 3.05) is 13.1 Å². The molecule has 1 amide bonds. The van der Waals surface area contributed by atoms with Crippen molar-refractivity contribution in [2.45, 2.75) is 25.1 Å². The van der Waals surface area contributed by atoms with Crippen LogP contribution in [0.25, 0.3) is 0 Å². The largest absolute Gasteiger partial charge is 0.379 e. The van der Waals surface area contributed by atoms with Gasteiger partial charge in [-0.25, -0.2) is 0 Å². The molecule has 0 spiro atoms. The Morgan fingerprint density at radius 1 is 1.45 bits per heavy atom. The number of hydrogen-bond acceptors (Lipinski definition) is 3. The summed E-state index contributed by atoms with van der Waals surface area (Å²) in [6.07, 6.45) is 1.00. The average Bonchev–Trinajstić information content (AvgIpc) is 2.74. The molecule has 2 heterocycles. The van der Waals surface area contributed by atoms with Crippen molar-refractivity contribution in [3.63, 3.8) is 0 Å². The minimum Gasteiger partial charge on any atom is -0.379 e. The average molecular weight is 156 g/mol. The zero-order chi connectivity index (χ0) is 7.84. The second-order valence-electron chi connectivity index (χ2n) is 3.14. The van der Waals surface area contributed by atoms with Gasteiger partial charge in [0.15, 0.2) is 0 Å². The normalized spacial score (nSPS) is 35.9. The molecule has 62 valence electrons. The van der Waals surface area contributed by atoms with E-state index in [1.165, 1.54) is 0 Å². The van der Waals surface area contributed by atoms with Gasteiger partial charge in [-0.2, -0.15) is 0 Å². The Morgan fingerprint density at radius 3 is 2.64 bits per heavy atom. The fourth-order valence-electron chi connectivity index (χ4n) is 1.41. The summed E-state index contributed by atoms with van der Waals surface area (Å²) in [4.78, 5) is 13.1. The fourth-order valence-corrected chi connectivity index (χ4v) is 1.41. The monoisotopic (exact) mass is 156 g/mol. The van der Waals surface area contributed by atoms with Gasteiger partial charge in [-0.3, -0.25) is 10.1 Å². The van der Waals surface area contributed by atoms with Gasteiger partial charge in [0.2, 0.25) is 5.91 Å². The Hall–Kier alpha value is -0.610. The summed E-state index contributed by atoms with van der Waals surface area (Å²) in [5.74, 6) is 0.154. The van der Waals surface area contributed by atoms with Crippen molar-refractivity contribution in [1.29, 1.82) is 0 Å². The van der Waals surface area contributed by atoms with Crippen LogP contribution in [0.3, 0.4) is 0 Å². The van der Waals surface area contributed by atoms with E-state index in [0.29, 0.717) is 6.42 Å². The predicted molar refractivity (Wildman–Crippen MR) is 38.7 cm³/mol. The molecule has 2 aliphatic rings. The second-order valence-corrected chi connectivity index (χ2v) is 3.14. The standard InChI is InChI=1S/C7H12N2O2/c10-6-2-1-5(8-6)7(11)9-3-4-9/h5-6,8,10H,1-4H2/t5-,6?/m0/s1. The number of nitrogens with one attached hydrogen (secondary N) is 1. The molecule has 2 aliphatic heterocycles. The molecule has 2 fully saturated rings. The first kappa shape index (κ1) is 7.06. The van der Waals surface area contributed by atoms with E-state index in [2.05, 4.69) is 5.32 Å². The molecule has 4 nitrogen and oxygen atoms in total. The van der Waals surface area contributed by atoms with Gasteiger partial charge in [0.05, 0.1) is 6.04 Å². The summed E-state index contributed by atoms with van der Waals surface area (Å²) in [6, 6.07) is -0.118. The van der Waals surface area contributed by atoms with E-state index in [-0.39, 0.29) is 11.9 Å². The molecule has 0 bridgehead atoms. The highest BCUT2D eigenvalue weighted by Crippen LogP contribution is 2.15. The van der Waals surface area contributed by atoms with Gasteiger partial charge in [0, 0.05) is 13.1 Å². The van der Waals surface area contributed by atoms with Gasteiger partial charge in [-0.1, -0.05) is 0 Å². The van der Waals surface area contributed by atoms with Crippen LogP contribution in [-0.4, -0.2) is 41.3 Å². The topological polar surface area (TPSA) is 52.3 Å². The molecule has 4 heteroatoms. The van der Waals surface area contributed by atoms with Crippen LogP contribution in [0.5, 0.6) is 0 Å². The summed E-state index contributed by atoms with van der Waals surface area (Å²) in [5, 5.41) is 11.9.